The number of carbonyl (C=O) groups is 1. The number of rotatable bonds is 1. The van der Waals surface area contributed by atoms with Gasteiger partial charge in [0.2, 0.25) is 0 Å². The summed E-state index contributed by atoms with van der Waals surface area (Å²) in [6, 6.07) is 0. The zero-order chi connectivity index (χ0) is 11.7. The van der Waals surface area contributed by atoms with Crippen molar-refractivity contribution in [1.29, 1.82) is 0 Å². The number of ether oxygens (including phenoxy) is 2. The lowest BCUT2D eigenvalue weighted by molar-refractivity contribution is -0.181. The van der Waals surface area contributed by atoms with Crippen molar-refractivity contribution >= 4 is 5.91 Å². The molecule has 1 spiro atoms. The van der Waals surface area contributed by atoms with Crippen LogP contribution in [0.2, 0.25) is 0 Å². The molecule has 1 N–H and O–H groups in total. The van der Waals surface area contributed by atoms with E-state index in [1.165, 1.54) is 6.33 Å². The van der Waals surface area contributed by atoms with E-state index in [0.717, 1.165) is 12.8 Å². The Bertz CT molecular complexity index is 388. The number of piperidine rings is 1. The smallest absolute Gasteiger partial charge is 0.271 e. The third kappa shape index (κ3) is 1.94. The third-order valence-electron chi connectivity index (χ3n) is 3.35. The first kappa shape index (κ1) is 10.7. The number of aromatic nitrogens is 2. The van der Waals surface area contributed by atoms with E-state index in [1.54, 1.807) is 6.20 Å². The Morgan fingerprint density at radius 2 is 2.06 bits per heavy atom. The maximum atomic E-state index is 12.0. The monoisotopic (exact) mass is 237 g/mol. The van der Waals surface area contributed by atoms with Gasteiger partial charge >= 0.3 is 0 Å². The number of hydrogen-bond acceptors (Lipinski definition) is 4. The molecule has 92 valence electrons. The van der Waals surface area contributed by atoms with Crippen LogP contribution in [-0.4, -0.2) is 52.9 Å². The molecule has 2 aliphatic rings. The Morgan fingerprint density at radius 3 is 2.65 bits per heavy atom. The van der Waals surface area contributed by atoms with Gasteiger partial charge < -0.3 is 19.4 Å². The van der Waals surface area contributed by atoms with Gasteiger partial charge in [-0.05, 0) is 0 Å². The van der Waals surface area contributed by atoms with Crippen LogP contribution in [0.5, 0.6) is 0 Å². The Labute approximate surface area is 98.9 Å². The van der Waals surface area contributed by atoms with Gasteiger partial charge in [-0.2, -0.15) is 0 Å². The molecule has 3 rings (SSSR count). The van der Waals surface area contributed by atoms with Gasteiger partial charge in [0.05, 0.1) is 25.7 Å². The highest BCUT2D eigenvalue weighted by Crippen LogP contribution is 2.31. The molecule has 6 nitrogen and oxygen atoms in total. The Kier molecular flexibility index (Phi) is 2.60. The lowest BCUT2D eigenvalue weighted by Gasteiger charge is -2.37. The van der Waals surface area contributed by atoms with Crippen LogP contribution in [0.3, 0.4) is 0 Å². The summed E-state index contributed by atoms with van der Waals surface area (Å²) >= 11 is 0. The van der Waals surface area contributed by atoms with E-state index < -0.39 is 5.79 Å². The minimum Gasteiger partial charge on any atom is -0.347 e. The van der Waals surface area contributed by atoms with Crippen LogP contribution in [0.25, 0.3) is 0 Å². The Morgan fingerprint density at radius 1 is 1.35 bits per heavy atom. The number of amides is 1. The van der Waals surface area contributed by atoms with Crippen LogP contribution in [0.15, 0.2) is 12.5 Å². The molecule has 2 fully saturated rings. The third-order valence-corrected chi connectivity index (χ3v) is 3.35. The van der Waals surface area contributed by atoms with Crippen LogP contribution in [-0.2, 0) is 9.47 Å². The minimum absolute atomic E-state index is 0.00431. The summed E-state index contributed by atoms with van der Waals surface area (Å²) in [5, 5.41) is 0. The molecule has 3 heterocycles. The zero-order valence-corrected chi connectivity index (χ0v) is 9.52. The van der Waals surface area contributed by atoms with Crippen molar-refractivity contribution in [3.05, 3.63) is 18.2 Å². The number of aromatic amines is 1. The standard InChI is InChI=1S/C11H15N3O3/c15-10(9-7-12-8-13-9)14-3-1-11(2-4-14)16-5-6-17-11/h7-8H,1-6H2,(H,12,13). The summed E-state index contributed by atoms with van der Waals surface area (Å²) in [6.45, 7) is 2.65. The highest BCUT2D eigenvalue weighted by Gasteiger charge is 2.40. The summed E-state index contributed by atoms with van der Waals surface area (Å²) in [6.07, 6.45) is 4.55. The van der Waals surface area contributed by atoms with Crippen molar-refractivity contribution in [3.8, 4) is 0 Å². The largest absolute Gasteiger partial charge is 0.347 e. The average Bonchev–Trinajstić information content (AvgIpc) is 3.01. The molecule has 1 aromatic rings. The molecule has 0 saturated carbocycles. The molecule has 2 saturated heterocycles. The first-order valence-electron chi connectivity index (χ1n) is 5.85. The molecule has 17 heavy (non-hydrogen) atoms. The second-order valence-corrected chi connectivity index (χ2v) is 4.37. The SMILES string of the molecule is O=C(c1cnc[nH]1)N1CCC2(CC1)OCCO2. The van der Waals surface area contributed by atoms with Crippen molar-refractivity contribution in [2.24, 2.45) is 0 Å². The van der Waals surface area contributed by atoms with E-state index in [-0.39, 0.29) is 5.91 Å². The van der Waals surface area contributed by atoms with Crippen LogP contribution in [0.4, 0.5) is 0 Å². The summed E-state index contributed by atoms with van der Waals surface area (Å²) in [5.74, 6) is -0.430. The van der Waals surface area contributed by atoms with Gasteiger partial charge in [-0.1, -0.05) is 0 Å². The fraction of sp³-hybridized carbons (Fsp3) is 0.636. The van der Waals surface area contributed by atoms with Gasteiger partial charge in [-0.3, -0.25) is 4.79 Å². The van der Waals surface area contributed by atoms with Crippen molar-refractivity contribution < 1.29 is 14.3 Å². The topological polar surface area (TPSA) is 67.5 Å². The molecule has 6 heteroatoms. The van der Waals surface area contributed by atoms with E-state index in [4.69, 9.17) is 9.47 Å². The average molecular weight is 237 g/mol. The van der Waals surface area contributed by atoms with Crippen LogP contribution < -0.4 is 0 Å². The van der Waals surface area contributed by atoms with E-state index in [9.17, 15) is 4.79 Å². The molecular weight excluding hydrogens is 222 g/mol. The summed E-state index contributed by atoms with van der Waals surface area (Å²) < 4.78 is 11.2. The van der Waals surface area contributed by atoms with E-state index in [1.807, 2.05) is 4.90 Å². The number of nitrogens with one attached hydrogen (secondary N) is 1. The first-order valence-corrected chi connectivity index (χ1v) is 5.85. The maximum absolute atomic E-state index is 12.0. The van der Waals surface area contributed by atoms with Gasteiger partial charge in [0.1, 0.15) is 5.69 Å². The van der Waals surface area contributed by atoms with Crippen LogP contribution >= 0.6 is 0 Å². The second-order valence-electron chi connectivity index (χ2n) is 4.37. The number of H-pyrrole nitrogens is 1. The van der Waals surface area contributed by atoms with Crippen molar-refractivity contribution in [1.82, 2.24) is 14.9 Å². The van der Waals surface area contributed by atoms with E-state index in [0.29, 0.717) is 32.0 Å². The molecule has 0 atom stereocenters. The number of nitrogens with zero attached hydrogens (tertiary/aromatic N) is 2. The van der Waals surface area contributed by atoms with Gasteiger partial charge in [0, 0.05) is 25.9 Å². The van der Waals surface area contributed by atoms with Gasteiger partial charge in [-0.15, -0.1) is 0 Å². The molecule has 2 aliphatic heterocycles. The molecular formula is C11H15N3O3. The number of likely N-dealkylation sites (tertiary alicyclic amines) is 1. The number of carbonyl (C=O) groups excluding carboxylic acids is 1. The van der Waals surface area contributed by atoms with Crippen LogP contribution in [0, 0.1) is 0 Å². The number of hydrogen-bond donors (Lipinski definition) is 1. The Balaban J connectivity index is 1.63. The van der Waals surface area contributed by atoms with Crippen molar-refractivity contribution in [3.63, 3.8) is 0 Å². The second kappa shape index (κ2) is 4.12. The molecule has 0 aliphatic carbocycles. The molecule has 0 bridgehead atoms. The highest BCUT2D eigenvalue weighted by molar-refractivity contribution is 5.92. The predicted octanol–water partition coefficient (Wildman–Crippen LogP) is 0.389. The molecule has 0 unspecified atom stereocenters. The normalized spacial score (nSPS) is 23.2. The molecule has 0 aromatic carbocycles. The molecule has 0 radical (unpaired) electrons. The fourth-order valence-electron chi connectivity index (χ4n) is 2.38. The van der Waals surface area contributed by atoms with E-state index >= 15 is 0 Å². The molecule has 1 amide bonds. The highest BCUT2D eigenvalue weighted by atomic mass is 16.7. The van der Waals surface area contributed by atoms with Crippen molar-refractivity contribution in [2.75, 3.05) is 26.3 Å². The first-order chi connectivity index (χ1) is 8.29. The molecule has 1 aromatic heterocycles. The fourth-order valence-corrected chi connectivity index (χ4v) is 2.38. The van der Waals surface area contributed by atoms with E-state index in [2.05, 4.69) is 9.97 Å². The maximum Gasteiger partial charge on any atom is 0.271 e. The lowest BCUT2D eigenvalue weighted by Crippen LogP contribution is -2.47. The minimum atomic E-state index is -0.426. The summed E-state index contributed by atoms with van der Waals surface area (Å²) in [5.41, 5.74) is 0.536. The summed E-state index contributed by atoms with van der Waals surface area (Å²) in [4.78, 5) is 20.5. The van der Waals surface area contributed by atoms with Crippen molar-refractivity contribution in [2.45, 2.75) is 18.6 Å². The lowest BCUT2D eigenvalue weighted by atomic mass is 10.0. The predicted molar refractivity (Wildman–Crippen MR) is 58.4 cm³/mol. The zero-order valence-electron chi connectivity index (χ0n) is 9.52. The summed E-state index contributed by atoms with van der Waals surface area (Å²) in [7, 11) is 0. The van der Waals surface area contributed by atoms with Gasteiger partial charge in [0.15, 0.2) is 5.79 Å². The van der Waals surface area contributed by atoms with Gasteiger partial charge in [0.25, 0.3) is 5.91 Å². The Hall–Kier alpha value is -1.40. The van der Waals surface area contributed by atoms with Crippen LogP contribution in [0.1, 0.15) is 23.3 Å². The van der Waals surface area contributed by atoms with Gasteiger partial charge in [-0.25, -0.2) is 4.98 Å². The number of imidazole rings is 1. The quantitative estimate of drug-likeness (QED) is 0.767.